The molecule has 1 N–H and O–H groups in total. The van der Waals surface area contributed by atoms with Crippen LogP contribution in [0.3, 0.4) is 0 Å². The molecular weight excluding hydrogens is 474 g/mol. The first-order valence-corrected chi connectivity index (χ1v) is 13.5. The Kier molecular flexibility index (Phi) is 9.53. The summed E-state index contributed by atoms with van der Waals surface area (Å²) in [4.78, 5) is 28.2. The molecule has 7 nitrogen and oxygen atoms in total. The van der Waals surface area contributed by atoms with Crippen LogP contribution in [0.25, 0.3) is 0 Å². The number of anilines is 1. The van der Waals surface area contributed by atoms with Gasteiger partial charge < -0.3 is 10.2 Å². The maximum absolute atomic E-state index is 13.7. The zero-order chi connectivity index (χ0) is 25.6. The molecule has 0 aliphatic rings. The van der Waals surface area contributed by atoms with E-state index in [1.165, 1.54) is 4.90 Å². The quantitative estimate of drug-likeness (QED) is 0.525. The zero-order valence-corrected chi connectivity index (χ0v) is 22.2. The van der Waals surface area contributed by atoms with Crippen LogP contribution in [0.2, 0.25) is 5.02 Å². The molecule has 0 heterocycles. The number of amides is 2. The molecule has 9 heteroatoms. The highest BCUT2D eigenvalue weighted by Gasteiger charge is 2.32. The summed E-state index contributed by atoms with van der Waals surface area (Å²) in [5, 5.41) is 3.28. The molecule has 2 aromatic rings. The second kappa shape index (κ2) is 11.7. The maximum atomic E-state index is 13.7. The van der Waals surface area contributed by atoms with Crippen LogP contribution in [0.15, 0.2) is 42.5 Å². The van der Waals surface area contributed by atoms with E-state index in [1.807, 2.05) is 52.0 Å². The molecule has 2 aromatic carbocycles. The van der Waals surface area contributed by atoms with Crippen LogP contribution in [-0.4, -0.2) is 50.0 Å². The molecule has 0 aliphatic carbocycles. The van der Waals surface area contributed by atoms with E-state index in [0.717, 1.165) is 21.7 Å². The van der Waals surface area contributed by atoms with Crippen LogP contribution in [0.1, 0.15) is 43.9 Å². The molecular formula is C25H34ClN3O4S. The van der Waals surface area contributed by atoms with E-state index >= 15 is 0 Å². The minimum absolute atomic E-state index is 0.0985. The smallest absolute Gasteiger partial charge is 0.244 e. The lowest BCUT2D eigenvalue weighted by Gasteiger charge is -2.33. The predicted octanol–water partition coefficient (Wildman–Crippen LogP) is 4.05. The van der Waals surface area contributed by atoms with E-state index in [9.17, 15) is 18.0 Å². The SMILES string of the molecule is CCC(C(=O)NC(C)C)N(Cc1ccccc1C)C(=O)CN(c1cccc(Cl)c1C)S(C)(=O)=O. The number of hydrogen-bond acceptors (Lipinski definition) is 4. The average molecular weight is 508 g/mol. The lowest BCUT2D eigenvalue weighted by atomic mass is 10.1. The first-order chi connectivity index (χ1) is 15.9. The van der Waals surface area contributed by atoms with Crippen LogP contribution in [0, 0.1) is 13.8 Å². The predicted molar refractivity (Wildman–Crippen MR) is 137 cm³/mol. The third-order valence-electron chi connectivity index (χ3n) is 5.61. The van der Waals surface area contributed by atoms with Gasteiger partial charge in [-0.25, -0.2) is 8.42 Å². The maximum Gasteiger partial charge on any atom is 0.244 e. The molecule has 0 saturated carbocycles. The number of nitrogens with one attached hydrogen (secondary N) is 1. The molecule has 0 fully saturated rings. The molecule has 2 rings (SSSR count). The number of benzene rings is 2. The summed E-state index contributed by atoms with van der Waals surface area (Å²) in [5.41, 5.74) is 2.75. The Morgan fingerprint density at radius 1 is 1.06 bits per heavy atom. The minimum atomic E-state index is -3.81. The van der Waals surface area contributed by atoms with Gasteiger partial charge in [-0.2, -0.15) is 0 Å². The summed E-state index contributed by atoms with van der Waals surface area (Å²) in [7, 11) is -3.81. The average Bonchev–Trinajstić information content (AvgIpc) is 2.74. The lowest BCUT2D eigenvalue weighted by Crippen LogP contribution is -2.53. The van der Waals surface area contributed by atoms with Crippen molar-refractivity contribution in [3.8, 4) is 0 Å². The van der Waals surface area contributed by atoms with Gasteiger partial charge in [-0.05, 0) is 62.9 Å². The molecule has 0 spiro atoms. The number of sulfonamides is 1. The molecule has 0 aliphatic heterocycles. The fraction of sp³-hybridized carbons (Fsp3) is 0.440. The normalized spacial score (nSPS) is 12.4. The highest BCUT2D eigenvalue weighted by atomic mass is 35.5. The Bertz CT molecular complexity index is 1130. The monoisotopic (exact) mass is 507 g/mol. The van der Waals surface area contributed by atoms with Crippen molar-refractivity contribution in [2.24, 2.45) is 0 Å². The number of nitrogens with zero attached hydrogens (tertiary/aromatic N) is 2. The molecule has 1 unspecified atom stereocenters. The first-order valence-electron chi connectivity index (χ1n) is 11.2. The van der Waals surface area contributed by atoms with Crippen molar-refractivity contribution in [3.63, 3.8) is 0 Å². The Hall–Kier alpha value is -2.58. The Labute approximate surface area is 208 Å². The van der Waals surface area contributed by atoms with E-state index in [2.05, 4.69) is 5.32 Å². The van der Waals surface area contributed by atoms with Gasteiger partial charge in [0.25, 0.3) is 0 Å². The zero-order valence-electron chi connectivity index (χ0n) is 20.6. The van der Waals surface area contributed by atoms with E-state index < -0.39 is 28.5 Å². The van der Waals surface area contributed by atoms with Crippen molar-refractivity contribution in [1.29, 1.82) is 0 Å². The Balaban J connectivity index is 2.50. The Morgan fingerprint density at radius 3 is 2.26 bits per heavy atom. The molecule has 34 heavy (non-hydrogen) atoms. The third kappa shape index (κ3) is 6.96. The number of carbonyl (C=O) groups excluding carboxylic acids is 2. The van der Waals surface area contributed by atoms with E-state index in [4.69, 9.17) is 11.6 Å². The highest BCUT2D eigenvalue weighted by Crippen LogP contribution is 2.28. The fourth-order valence-electron chi connectivity index (χ4n) is 3.73. The fourth-order valence-corrected chi connectivity index (χ4v) is 4.80. The van der Waals surface area contributed by atoms with Crippen molar-refractivity contribution < 1.29 is 18.0 Å². The van der Waals surface area contributed by atoms with Gasteiger partial charge in [-0.3, -0.25) is 13.9 Å². The van der Waals surface area contributed by atoms with Crippen molar-refractivity contribution in [2.75, 3.05) is 17.1 Å². The molecule has 0 saturated heterocycles. The van der Waals surface area contributed by atoms with Crippen molar-refractivity contribution >= 4 is 39.1 Å². The third-order valence-corrected chi connectivity index (χ3v) is 7.14. The van der Waals surface area contributed by atoms with Gasteiger partial charge in [0.05, 0.1) is 11.9 Å². The summed E-state index contributed by atoms with van der Waals surface area (Å²) in [6.07, 6.45) is 1.43. The van der Waals surface area contributed by atoms with Gasteiger partial charge in [0.1, 0.15) is 12.6 Å². The van der Waals surface area contributed by atoms with Crippen LogP contribution < -0.4 is 9.62 Å². The Morgan fingerprint density at radius 2 is 1.71 bits per heavy atom. The second-order valence-corrected chi connectivity index (χ2v) is 11.0. The van der Waals surface area contributed by atoms with Gasteiger partial charge in [-0.15, -0.1) is 0 Å². The molecule has 1 atom stereocenters. The number of halogens is 1. The largest absolute Gasteiger partial charge is 0.352 e. The van der Waals surface area contributed by atoms with E-state index in [-0.39, 0.29) is 18.5 Å². The highest BCUT2D eigenvalue weighted by molar-refractivity contribution is 7.92. The van der Waals surface area contributed by atoms with Gasteiger partial charge in [0.15, 0.2) is 0 Å². The summed E-state index contributed by atoms with van der Waals surface area (Å²) in [5.74, 6) is -0.747. The van der Waals surface area contributed by atoms with Gasteiger partial charge >= 0.3 is 0 Å². The summed E-state index contributed by atoms with van der Waals surface area (Å²) in [6, 6.07) is 11.7. The van der Waals surface area contributed by atoms with Gasteiger partial charge in [-0.1, -0.05) is 48.9 Å². The molecule has 186 valence electrons. The van der Waals surface area contributed by atoms with Crippen molar-refractivity contribution in [3.05, 3.63) is 64.2 Å². The van der Waals surface area contributed by atoms with Crippen LogP contribution in [0.4, 0.5) is 5.69 Å². The van der Waals surface area contributed by atoms with Gasteiger partial charge in [0, 0.05) is 17.6 Å². The number of rotatable bonds is 10. The van der Waals surface area contributed by atoms with Crippen LogP contribution in [0.5, 0.6) is 0 Å². The van der Waals surface area contributed by atoms with Crippen LogP contribution in [-0.2, 0) is 26.2 Å². The second-order valence-electron chi connectivity index (χ2n) is 8.69. The van der Waals surface area contributed by atoms with Crippen LogP contribution >= 0.6 is 11.6 Å². The number of carbonyl (C=O) groups is 2. The molecule has 2 amide bonds. The lowest BCUT2D eigenvalue weighted by molar-refractivity contribution is -0.140. The van der Waals surface area contributed by atoms with Crippen molar-refractivity contribution in [2.45, 2.75) is 59.7 Å². The number of hydrogen-bond donors (Lipinski definition) is 1. The minimum Gasteiger partial charge on any atom is -0.352 e. The van der Waals surface area contributed by atoms with E-state index in [0.29, 0.717) is 22.7 Å². The first kappa shape index (κ1) is 27.7. The molecule has 0 bridgehead atoms. The topological polar surface area (TPSA) is 86.8 Å². The molecule has 0 radical (unpaired) electrons. The van der Waals surface area contributed by atoms with E-state index in [1.54, 1.807) is 25.1 Å². The van der Waals surface area contributed by atoms with Crippen molar-refractivity contribution in [1.82, 2.24) is 10.2 Å². The summed E-state index contributed by atoms with van der Waals surface area (Å²) in [6.45, 7) is 8.91. The van der Waals surface area contributed by atoms with Gasteiger partial charge in [0.2, 0.25) is 21.8 Å². The summed E-state index contributed by atoms with van der Waals surface area (Å²) >= 11 is 6.22. The molecule has 0 aromatic heterocycles. The standard InChI is InChI=1S/C25H34ClN3O4S/c1-7-22(25(31)27-17(2)3)28(15-20-12-9-8-11-18(20)4)24(30)16-29(34(6,32)33)23-14-10-13-21(26)19(23)5/h8-14,17,22H,7,15-16H2,1-6H3,(H,27,31). The summed E-state index contributed by atoms with van der Waals surface area (Å²) < 4.78 is 26.5. The number of aryl methyl sites for hydroxylation is 1.